The van der Waals surface area contributed by atoms with E-state index in [1.807, 2.05) is 42.5 Å². The SMILES string of the molecule is N#CC#Cc1cccc2cccc(S)c12. The van der Waals surface area contributed by atoms with Crippen molar-refractivity contribution in [3.63, 3.8) is 0 Å². The largest absolute Gasteiger partial charge is 0.183 e. The molecule has 0 saturated carbocycles. The maximum absolute atomic E-state index is 8.43. The smallest absolute Gasteiger partial charge is 0.152 e. The van der Waals surface area contributed by atoms with Crippen molar-refractivity contribution in [3.05, 3.63) is 42.0 Å². The summed E-state index contributed by atoms with van der Waals surface area (Å²) in [5.74, 6) is 5.22. The van der Waals surface area contributed by atoms with Crippen LogP contribution in [0, 0.1) is 23.2 Å². The highest BCUT2D eigenvalue weighted by molar-refractivity contribution is 7.80. The molecule has 15 heavy (non-hydrogen) atoms. The van der Waals surface area contributed by atoms with Crippen molar-refractivity contribution in [1.82, 2.24) is 0 Å². The summed E-state index contributed by atoms with van der Waals surface area (Å²) >= 11 is 4.39. The standard InChI is InChI=1S/C13H7NS/c14-9-3-7-11-5-1-4-10-6-2-8-12(15)13(10)11/h1-2,4-6,8,15H. The number of rotatable bonds is 0. The molecule has 0 atom stereocenters. The van der Waals surface area contributed by atoms with Crippen molar-refractivity contribution in [2.24, 2.45) is 0 Å². The van der Waals surface area contributed by atoms with E-state index in [1.165, 1.54) is 0 Å². The molecule has 0 heterocycles. The van der Waals surface area contributed by atoms with Gasteiger partial charge in [0.15, 0.2) is 6.07 Å². The van der Waals surface area contributed by atoms with Gasteiger partial charge in [0, 0.05) is 21.8 Å². The van der Waals surface area contributed by atoms with Crippen LogP contribution in [0.25, 0.3) is 10.8 Å². The lowest BCUT2D eigenvalue weighted by Crippen LogP contribution is -1.81. The Hall–Kier alpha value is -1.90. The topological polar surface area (TPSA) is 23.8 Å². The number of benzene rings is 2. The number of hydrogen-bond acceptors (Lipinski definition) is 2. The lowest BCUT2D eigenvalue weighted by Gasteiger charge is -2.02. The highest BCUT2D eigenvalue weighted by Gasteiger charge is 2.00. The van der Waals surface area contributed by atoms with E-state index in [2.05, 4.69) is 24.5 Å². The quantitative estimate of drug-likeness (QED) is 0.523. The van der Waals surface area contributed by atoms with Gasteiger partial charge in [-0.15, -0.1) is 12.6 Å². The van der Waals surface area contributed by atoms with Crippen molar-refractivity contribution in [2.45, 2.75) is 4.90 Å². The monoisotopic (exact) mass is 209 g/mol. The molecule has 2 rings (SSSR count). The molecule has 2 aromatic rings. The van der Waals surface area contributed by atoms with Crippen molar-refractivity contribution in [3.8, 4) is 17.9 Å². The maximum atomic E-state index is 8.43. The van der Waals surface area contributed by atoms with Gasteiger partial charge in [-0.1, -0.05) is 30.2 Å². The first kappa shape index (κ1) is 9.65. The van der Waals surface area contributed by atoms with Gasteiger partial charge in [-0.25, -0.2) is 0 Å². The molecular formula is C13H7NS. The van der Waals surface area contributed by atoms with E-state index in [9.17, 15) is 0 Å². The fourth-order valence-electron chi connectivity index (χ4n) is 1.52. The van der Waals surface area contributed by atoms with Crippen LogP contribution in [0.15, 0.2) is 41.3 Å². The third kappa shape index (κ3) is 1.81. The van der Waals surface area contributed by atoms with Crippen LogP contribution in [0.3, 0.4) is 0 Å². The molecule has 0 bridgehead atoms. The van der Waals surface area contributed by atoms with E-state index < -0.39 is 0 Å². The number of hydrogen-bond donors (Lipinski definition) is 1. The van der Waals surface area contributed by atoms with Gasteiger partial charge in [0.2, 0.25) is 0 Å². The van der Waals surface area contributed by atoms with Gasteiger partial charge in [-0.05, 0) is 17.5 Å². The molecule has 0 aromatic heterocycles. The molecule has 0 fully saturated rings. The minimum atomic E-state index is 0.847. The molecule has 0 amide bonds. The van der Waals surface area contributed by atoms with Crippen molar-refractivity contribution in [2.75, 3.05) is 0 Å². The maximum Gasteiger partial charge on any atom is 0.152 e. The van der Waals surface area contributed by atoms with Gasteiger partial charge in [0.25, 0.3) is 0 Å². The van der Waals surface area contributed by atoms with Gasteiger partial charge in [0.1, 0.15) is 0 Å². The van der Waals surface area contributed by atoms with Gasteiger partial charge >= 0.3 is 0 Å². The van der Waals surface area contributed by atoms with E-state index >= 15 is 0 Å². The number of nitriles is 1. The number of nitrogens with zero attached hydrogens (tertiary/aromatic N) is 1. The first-order valence-electron chi connectivity index (χ1n) is 4.44. The minimum absolute atomic E-state index is 0.847. The zero-order valence-electron chi connectivity index (χ0n) is 7.86. The highest BCUT2D eigenvalue weighted by atomic mass is 32.1. The fourth-order valence-corrected chi connectivity index (χ4v) is 1.86. The zero-order valence-corrected chi connectivity index (χ0v) is 8.75. The molecule has 0 saturated heterocycles. The van der Waals surface area contributed by atoms with Gasteiger partial charge < -0.3 is 0 Å². The first-order valence-corrected chi connectivity index (χ1v) is 4.88. The Morgan fingerprint density at radius 3 is 2.53 bits per heavy atom. The highest BCUT2D eigenvalue weighted by Crippen LogP contribution is 2.24. The molecular weight excluding hydrogens is 202 g/mol. The molecule has 2 heteroatoms. The van der Waals surface area contributed by atoms with E-state index in [-0.39, 0.29) is 0 Å². The third-order valence-electron chi connectivity index (χ3n) is 2.14. The second-order valence-corrected chi connectivity index (χ2v) is 3.52. The summed E-state index contributed by atoms with van der Waals surface area (Å²) in [5.41, 5.74) is 0.847. The molecule has 0 aliphatic carbocycles. The summed E-state index contributed by atoms with van der Waals surface area (Å²) in [6.45, 7) is 0. The Balaban J connectivity index is 2.81. The van der Waals surface area contributed by atoms with E-state index in [0.717, 1.165) is 21.2 Å². The molecule has 0 unspecified atom stereocenters. The van der Waals surface area contributed by atoms with Crippen LogP contribution < -0.4 is 0 Å². The number of thiol groups is 1. The van der Waals surface area contributed by atoms with Crippen molar-refractivity contribution >= 4 is 23.4 Å². The Bertz CT molecular complexity index is 606. The van der Waals surface area contributed by atoms with Gasteiger partial charge in [-0.3, -0.25) is 0 Å². The van der Waals surface area contributed by atoms with E-state index in [4.69, 9.17) is 5.26 Å². The summed E-state index contributed by atoms with van der Waals surface area (Å²) in [5, 5.41) is 10.5. The van der Waals surface area contributed by atoms with Crippen LogP contribution in [0.4, 0.5) is 0 Å². The molecule has 2 aromatic carbocycles. The molecule has 1 nitrogen and oxygen atoms in total. The summed E-state index contributed by atoms with van der Waals surface area (Å²) in [7, 11) is 0. The van der Waals surface area contributed by atoms with Crippen LogP contribution in [-0.2, 0) is 0 Å². The van der Waals surface area contributed by atoms with Gasteiger partial charge in [-0.2, -0.15) is 5.26 Å². The second kappa shape index (κ2) is 4.09. The Kier molecular flexibility index (Phi) is 2.63. The van der Waals surface area contributed by atoms with Crippen molar-refractivity contribution < 1.29 is 0 Å². The lowest BCUT2D eigenvalue weighted by molar-refractivity contribution is 1.54. The lowest BCUT2D eigenvalue weighted by atomic mass is 10.0. The zero-order chi connectivity index (χ0) is 10.7. The van der Waals surface area contributed by atoms with E-state index in [0.29, 0.717) is 0 Å². The fraction of sp³-hybridized carbons (Fsp3) is 0. The first-order chi connectivity index (χ1) is 7.33. The molecule has 0 radical (unpaired) electrons. The molecule has 0 aliphatic heterocycles. The molecule has 70 valence electrons. The van der Waals surface area contributed by atoms with Crippen molar-refractivity contribution in [1.29, 1.82) is 5.26 Å². The van der Waals surface area contributed by atoms with Crippen LogP contribution in [0.2, 0.25) is 0 Å². The Morgan fingerprint density at radius 2 is 1.80 bits per heavy atom. The predicted octanol–water partition coefficient (Wildman–Crippen LogP) is 3.00. The predicted molar refractivity (Wildman–Crippen MR) is 63.7 cm³/mol. The third-order valence-corrected chi connectivity index (χ3v) is 2.51. The average molecular weight is 209 g/mol. The Labute approximate surface area is 93.8 Å². The summed E-state index contributed by atoms with van der Waals surface area (Å²) in [4.78, 5) is 0.885. The van der Waals surface area contributed by atoms with Crippen LogP contribution >= 0.6 is 12.6 Å². The molecule has 0 spiro atoms. The summed E-state index contributed by atoms with van der Waals surface area (Å²) < 4.78 is 0. The van der Waals surface area contributed by atoms with Crippen LogP contribution in [0.1, 0.15) is 5.56 Å². The number of fused-ring (bicyclic) bond motifs is 1. The second-order valence-electron chi connectivity index (χ2n) is 3.04. The summed E-state index contributed by atoms with van der Waals surface area (Å²) in [6.07, 6.45) is 0. The summed E-state index contributed by atoms with van der Waals surface area (Å²) in [6, 6.07) is 13.5. The Morgan fingerprint density at radius 1 is 1.07 bits per heavy atom. The molecule has 0 aliphatic rings. The minimum Gasteiger partial charge on any atom is -0.183 e. The normalized spacial score (nSPS) is 9.07. The van der Waals surface area contributed by atoms with E-state index in [1.54, 1.807) is 0 Å². The van der Waals surface area contributed by atoms with Crippen LogP contribution in [0.5, 0.6) is 0 Å². The van der Waals surface area contributed by atoms with Crippen LogP contribution in [-0.4, -0.2) is 0 Å². The molecule has 0 N–H and O–H groups in total. The average Bonchev–Trinajstić information content (AvgIpc) is 2.26. The van der Waals surface area contributed by atoms with Gasteiger partial charge in [0.05, 0.1) is 0 Å².